The molecule has 6 heteroatoms. The first-order chi connectivity index (χ1) is 8.56. The molecule has 0 radical (unpaired) electrons. The van der Waals surface area contributed by atoms with Crippen LogP contribution in [0.3, 0.4) is 0 Å². The van der Waals surface area contributed by atoms with Gasteiger partial charge in [-0.2, -0.15) is 11.8 Å². The number of thioether (sulfide) groups is 1. The molecule has 0 unspecified atom stereocenters. The quantitative estimate of drug-likeness (QED) is 0.792. The normalized spacial score (nSPS) is 11.3. The van der Waals surface area contributed by atoms with Crippen LogP contribution in [0.25, 0.3) is 0 Å². The topological polar surface area (TPSA) is 75.1 Å². The molecular formula is C12H19N3O2S. The Balaban J connectivity index is 2.73. The van der Waals surface area contributed by atoms with Gasteiger partial charge in [-0.1, -0.05) is 13.8 Å². The van der Waals surface area contributed by atoms with Gasteiger partial charge in [-0.05, 0) is 19.1 Å². The lowest BCUT2D eigenvalue weighted by Crippen LogP contribution is -2.32. The van der Waals surface area contributed by atoms with E-state index in [2.05, 4.69) is 35.4 Å². The predicted octanol–water partition coefficient (Wildman–Crippen LogP) is 2.51. The molecule has 0 amide bonds. The third kappa shape index (κ3) is 3.60. The van der Waals surface area contributed by atoms with E-state index in [1.54, 1.807) is 6.20 Å². The van der Waals surface area contributed by atoms with E-state index in [9.17, 15) is 4.79 Å². The minimum atomic E-state index is -1.06. The van der Waals surface area contributed by atoms with Gasteiger partial charge in [0.1, 0.15) is 5.82 Å². The summed E-state index contributed by atoms with van der Waals surface area (Å²) in [6, 6.07) is 0. The summed E-state index contributed by atoms with van der Waals surface area (Å²) >= 11 is 1.82. The minimum absolute atomic E-state index is 0.0391. The third-order valence-corrected chi connectivity index (χ3v) is 4.75. The van der Waals surface area contributed by atoms with Gasteiger partial charge >= 0.3 is 5.97 Å². The summed E-state index contributed by atoms with van der Waals surface area (Å²) < 4.78 is 0.154. The summed E-state index contributed by atoms with van der Waals surface area (Å²) in [5.41, 5.74) is -0.0391. The van der Waals surface area contributed by atoms with Crippen LogP contribution in [0.15, 0.2) is 12.4 Å². The van der Waals surface area contributed by atoms with Crippen LogP contribution in [0.2, 0.25) is 0 Å². The summed E-state index contributed by atoms with van der Waals surface area (Å²) in [5, 5.41) is 12.0. The van der Waals surface area contributed by atoms with Crippen LogP contribution in [0, 0.1) is 0 Å². The zero-order chi connectivity index (χ0) is 13.6. The standard InChI is InChI=1S/C12H19N3O2S/c1-4-12(5-2,18-3)8-14-10-7-13-6-9(15-10)11(16)17/h6-7H,4-5,8H2,1-3H3,(H,14,15)(H,16,17). The maximum absolute atomic E-state index is 10.8. The van der Waals surface area contributed by atoms with Crippen LogP contribution in [0.5, 0.6) is 0 Å². The molecule has 1 aromatic rings. The number of hydrogen-bond acceptors (Lipinski definition) is 5. The molecule has 0 atom stereocenters. The Morgan fingerprint density at radius 3 is 2.61 bits per heavy atom. The number of aromatic carboxylic acids is 1. The highest BCUT2D eigenvalue weighted by molar-refractivity contribution is 8.00. The van der Waals surface area contributed by atoms with Gasteiger partial charge in [0.2, 0.25) is 0 Å². The molecule has 5 nitrogen and oxygen atoms in total. The maximum Gasteiger partial charge on any atom is 0.356 e. The van der Waals surface area contributed by atoms with E-state index in [0.29, 0.717) is 5.82 Å². The van der Waals surface area contributed by atoms with Crippen LogP contribution >= 0.6 is 11.8 Å². The second-order valence-electron chi connectivity index (χ2n) is 4.04. The number of nitrogens with zero attached hydrogens (tertiary/aromatic N) is 2. The van der Waals surface area contributed by atoms with Crippen LogP contribution in [0.1, 0.15) is 37.2 Å². The van der Waals surface area contributed by atoms with Crippen LogP contribution in [-0.4, -0.2) is 38.6 Å². The zero-order valence-electron chi connectivity index (χ0n) is 10.9. The number of carbonyl (C=O) groups is 1. The van der Waals surface area contributed by atoms with E-state index in [0.717, 1.165) is 19.4 Å². The lowest BCUT2D eigenvalue weighted by molar-refractivity contribution is 0.0690. The van der Waals surface area contributed by atoms with Crippen molar-refractivity contribution >= 4 is 23.5 Å². The van der Waals surface area contributed by atoms with Crippen molar-refractivity contribution in [3.63, 3.8) is 0 Å². The van der Waals surface area contributed by atoms with Crippen molar-refractivity contribution in [3.8, 4) is 0 Å². The molecule has 0 aliphatic carbocycles. The maximum atomic E-state index is 10.8. The van der Waals surface area contributed by atoms with Gasteiger partial charge in [-0.15, -0.1) is 0 Å². The molecule has 100 valence electrons. The highest BCUT2D eigenvalue weighted by Gasteiger charge is 2.24. The molecule has 1 aromatic heterocycles. The minimum Gasteiger partial charge on any atom is -0.476 e. The van der Waals surface area contributed by atoms with Gasteiger partial charge in [0, 0.05) is 11.3 Å². The first kappa shape index (κ1) is 14.8. The van der Waals surface area contributed by atoms with E-state index >= 15 is 0 Å². The lowest BCUT2D eigenvalue weighted by atomic mass is 10.0. The molecule has 0 fully saturated rings. The number of aromatic nitrogens is 2. The van der Waals surface area contributed by atoms with Crippen molar-refractivity contribution in [1.29, 1.82) is 0 Å². The fraction of sp³-hybridized carbons (Fsp3) is 0.583. The molecule has 1 rings (SSSR count). The zero-order valence-corrected chi connectivity index (χ0v) is 11.8. The van der Waals surface area contributed by atoms with Crippen molar-refractivity contribution in [2.75, 3.05) is 18.1 Å². The Morgan fingerprint density at radius 2 is 2.11 bits per heavy atom. The summed E-state index contributed by atoms with van der Waals surface area (Å²) in [5.74, 6) is -0.552. The summed E-state index contributed by atoms with van der Waals surface area (Å²) in [4.78, 5) is 18.7. The lowest BCUT2D eigenvalue weighted by Gasteiger charge is -2.29. The fourth-order valence-electron chi connectivity index (χ4n) is 1.67. The number of carboxylic acid groups (broad SMARTS) is 1. The third-order valence-electron chi connectivity index (χ3n) is 3.17. The second-order valence-corrected chi connectivity index (χ2v) is 5.32. The summed E-state index contributed by atoms with van der Waals surface area (Å²) in [6.45, 7) is 5.06. The SMILES string of the molecule is CCC(CC)(CNc1cncc(C(=O)O)n1)SC. The average Bonchev–Trinajstić information content (AvgIpc) is 2.41. The van der Waals surface area contributed by atoms with Gasteiger partial charge in [-0.3, -0.25) is 4.98 Å². The Morgan fingerprint density at radius 1 is 1.44 bits per heavy atom. The number of nitrogens with one attached hydrogen (secondary N) is 1. The first-order valence-electron chi connectivity index (χ1n) is 5.91. The van der Waals surface area contributed by atoms with Gasteiger partial charge in [0.25, 0.3) is 0 Å². The molecule has 0 bridgehead atoms. The Labute approximate surface area is 111 Å². The van der Waals surface area contributed by atoms with Crippen LogP contribution < -0.4 is 5.32 Å². The highest BCUT2D eigenvalue weighted by atomic mass is 32.2. The Hall–Kier alpha value is -1.30. The van der Waals surface area contributed by atoms with Gasteiger partial charge in [-0.25, -0.2) is 9.78 Å². The molecule has 0 aliphatic heterocycles. The molecule has 2 N–H and O–H groups in total. The number of anilines is 1. The Kier molecular flexibility index (Phi) is 5.40. The van der Waals surface area contributed by atoms with Crippen molar-refractivity contribution in [3.05, 3.63) is 18.1 Å². The van der Waals surface area contributed by atoms with Crippen LogP contribution in [0.4, 0.5) is 5.82 Å². The van der Waals surface area contributed by atoms with Crippen molar-refractivity contribution in [1.82, 2.24) is 9.97 Å². The van der Waals surface area contributed by atoms with E-state index in [1.807, 2.05) is 11.8 Å². The van der Waals surface area contributed by atoms with E-state index in [4.69, 9.17) is 5.11 Å². The molecule has 0 aromatic carbocycles. The monoisotopic (exact) mass is 269 g/mol. The molecule has 1 heterocycles. The van der Waals surface area contributed by atoms with Gasteiger partial charge in [0.05, 0.1) is 12.4 Å². The number of hydrogen-bond donors (Lipinski definition) is 2. The summed E-state index contributed by atoms with van der Waals surface area (Å²) in [6.07, 6.45) is 6.97. The van der Waals surface area contributed by atoms with Crippen molar-refractivity contribution in [2.24, 2.45) is 0 Å². The largest absolute Gasteiger partial charge is 0.476 e. The number of carboxylic acids is 1. The molecule has 0 aliphatic rings. The van der Waals surface area contributed by atoms with Gasteiger partial charge < -0.3 is 10.4 Å². The fourth-order valence-corrected chi connectivity index (χ4v) is 2.46. The second kappa shape index (κ2) is 6.58. The summed E-state index contributed by atoms with van der Waals surface area (Å²) in [7, 11) is 0. The van der Waals surface area contributed by atoms with E-state index in [1.165, 1.54) is 6.20 Å². The smallest absolute Gasteiger partial charge is 0.356 e. The van der Waals surface area contributed by atoms with Crippen LogP contribution in [-0.2, 0) is 0 Å². The molecular weight excluding hydrogens is 250 g/mol. The van der Waals surface area contributed by atoms with Crippen molar-refractivity contribution in [2.45, 2.75) is 31.4 Å². The predicted molar refractivity (Wildman–Crippen MR) is 74.3 cm³/mol. The van der Waals surface area contributed by atoms with E-state index < -0.39 is 5.97 Å². The van der Waals surface area contributed by atoms with E-state index in [-0.39, 0.29) is 10.4 Å². The first-order valence-corrected chi connectivity index (χ1v) is 7.13. The molecule has 0 saturated heterocycles. The number of rotatable bonds is 7. The highest BCUT2D eigenvalue weighted by Crippen LogP contribution is 2.30. The molecule has 0 spiro atoms. The van der Waals surface area contributed by atoms with Gasteiger partial charge in [0.15, 0.2) is 5.69 Å². The molecule has 18 heavy (non-hydrogen) atoms. The Bertz CT molecular complexity index is 400. The van der Waals surface area contributed by atoms with Crippen molar-refractivity contribution < 1.29 is 9.90 Å². The average molecular weight is 269 g/mol. The molecule has 0 saturated carbocycles.